The lowest BCUT2D eigenvalue weighted by Gasteiger charge is -2.22. The van der Waals surface area contributed by atoms with Crippen LogP contribution in [0.1, 0.15) is 38.2 Å². The molecule has 2 unspecified atom stereocenters. The lowest BCUT2D eigenvalue weighted by Crippen LogP contribution is -2.45. The van der Waals surface area contributed by atoms with E-state index in [1.54, 1.807) is 0 Å². The fourth-order valence-corrected chi connectivity index (χ4v) is 3.08. The van der Waals surface area contributed by atoms with Gasteiger partial charge in [-0.2, -0.15) is 0 Å². The highest BCUT2D eigenvalue weighted by Crippen LogP contribution is 2.10. The number of benzene rings is 1. The average molecular weight is 377 g/mol. The number of carbonyl (C=O) groups is 2. The molecule has 0 saturated carbocycles. The molecule has 2 rings (SSSR count). The van der Waals surface area contributed by atoms with E-state index in [-0.39, 0.29) is 24.5 Å². The number of hydrogen-bond acceptors (Lipinski definition) is 5. The molecular weight excluding hydrogens is 346 g/mol. The molecule has 27 heavy (non-hydrogen) atoms. The first-order valence-electron chi connectivity index (χ1n) is 9.67. The SMILES string of the molecule is C[C@@H](CCNC(=O)OCc1ccccc1)CC(=O)NC1CCCNCC1O. The molecule has 4 N–H and O–H groups in total. The summed E-state index contributed by atoms with van der Waals surface area (Å²) in [6, 6.07) is 9.31. The summed E-state index contributed by atoms with van der Waals surface area (Å²) in [6.45, 7) is 4.05. The third kappa shape index (κ3) is 8.41. The maximum atomic E-state index is 12.2. The van der Waals surface area contributed by atoms with E-state index in [1.807, 2.05) is 37.3 Å². The number of aliphatic hydroxyl groups is 1. The standard InChI is InChI=1S/C20H31N3O4/c1-15(12-19(25)23-17-8-5-10-21-13-18(17)24)9-11-22-20(26)27-14-16-6-3-2-4-7-16/h2-4,6-7,15,17-18,21,24H,5,8-14H2,1H3,(H,22,26)(H,23,25)/t15-,17?,18?/m0/s1. The van der Waals surface area contributed by atoms with Gasteiger partial charge < -0.3 is 25.8 Å². The summed E-state index contributed by atoms with van der Waals surface area (Å²) >= 11 is 0. The molecule has 150 valence electrons. The van der Waals surface area contributed by atoms with Crippen molar-refractivity contribution in [1.29, 1.82) is 0 Å². The predicted octanol–water partition coefficient (Wildman–Crippen LogP) is 1.56. The Balaban J connectivity index is 1.58. The van der Waals surface area contributed by atoms with E-state index in [0.29, 0.717) is 25.9 Å². The van der Waals surface area contributed by atoms with Crippen LogP contribution in [0.25, 0.3) is 0 Å². The molecule has 0 aliphatic carbocycles. The third-order valence-electron chi connectivity index (χ3n) is 4.69. The van der Waals surface area contributed by atoms with Gasteiger partial charge in [-0.1, -0.05) is 37.3 Å². The van der Waals surface area contributed by atoms with Crippen LogP contribution in [0.5, 0.6) is 0 Å². The maximum absolute atomic E-state index is 12.2. The van der Waals surface area contributed by atoms with Gasteiger partial charge in [0.05, 0.1) is 12.1 Å². The molecule has 0 bridgehead atoms. The molecule has 1 aliphatic heterocycles. The molecule has 1 heterocycles. The Morgan fingerprint density at radius 1 is 1.33 bits per heavy atom. The minimum atomic E-state index is -0.548. The van der Waals surface area contributed by atoms with Crippen LogP contribution in [0, 0.1) is 5.92 Å². The van der Waals surface area contributed by atoms with E-state index in [0.717, 1.165) is 24.9 Å². The quantitative estimate of drug-likeness (QED) is 0.551. The fraction of sp³-hybridized carbons (Fsp3) is 0.600. The van der Waals surface area contributed by atoms with E-state index < -0.39 is 12.2 Å². The minimum Gasteiger partial charge on any atom is -0.445 e. The van der Waals surface area contributed by atoms with Crippen LogP contribution in [0.2, 0.25) is 0 Å². The number of rotatable bonds is 8. The van der Waals surface area contributed by atoms with Gasteiger partial charge in [0.15, 0.2) is 0 Å². The van der Waals surface area contributed by atoms with Gasteiger partial charge in [0.1, 0.15) is 6.61 Å². The average Bonchev–Trinajstić information content (AvgIpc) is 2.85. The summed E-state index contributed by atoms with van der Waals surface area (Å²) in [5.74, 6) is 0.0700. The van der Waals surface area contributed by atoms with Crippen molar-refractivity contribution in [3.63, 3.8) is 0 Å². The number of ether oxygens (including phenoxy) is 1. The second-order valence-corrected chi connectivity index (χ2v) is 7.17. The molecule has 1 fully saturated rings. The third-order valence-corrected chi connectivity index (χ3v) is 4.69. The zero-order valence-electron chi connectivity index (χ0n) is 15.9. The van der Waals surface area contributed by atoms with Gasteiger partial charge in [-0.25, -0.2) is 4.79 Å². The summed E-state index contributed by atoms with van der Waals surface area (Å²) in [7, 11) is 0. The first-order chi connectivity index (χ1) is 13.0. The molecule has 0 radical (unpaired) electrons. The molecule has 0 aromatic heterocycles. The number of aliphatic hydroxyl groups excluding tert-OH is 1. The van der Waals surface area contributed by atoms with Crippen molar-refractivity contribution >= 4 is 12.0 Å². The van der Waals surface area contributed by atoms with E-state index in [9.17, 15) is 14.7 Å². The molecule has 1 aromatic carbocycles. The van der Waals surface area contributed by atoms with Gasteiger partial charge in [0.2, 0.25) is 5.91 Å². The highest BCUT2D eigenvalue weighted by Gasteiger charge is 2.23. The van der Waals surface area contributed by atoms with Gasteiger partial charge in [-0.05, 0) is 37.3 Å². The Morgan fingerprint density at radius 2 is 2.11 bits per heavy atom. The normalized spacial score (nSPS) is 21.0. The van der Waals surface area contributed by atoms with Gasteiger partial charge in [-0.15, -0.1) is 0 Å². The molecule has 2 amide bonds. The molecular formula is C20H31N3O4. The zero-order chi connectivity index (χ0) is 19.5. The van der Waals surface area contributed by atoms with E-state index >= 15 is 0 Å². The molecule has 7 heteroatoms. The summed E-state index contributed by atoms with van der Waals surface area (Å²) in [5, 5.41) is 18.8. The van der Waals surface area contributed by atoms with E-state index in [2.05, 4.69) is 16.0 Å². The number of amides is 2. The van der Waals surface area contributed by atoms with Crippen LogP contribution < -0.4 is 16.0 Å². The van der Waals surface area contributed by atoms with Crippen molar-refractivity contribution in [2.45, 2.75) is 51.4 Å². The van der Waals surface area contributed by atoms with Crippen molar-refractivity contribution in [2.75, 3.05) is 19.6 Å². The van der Waals surface area contributed by atoms with Crippen molar-refractivity contribution < 1.29 is 19.4 Å². The number of nitrogens with one attached hydrogen (secondary N) is 3. The Kier molecular flexibility index (Phi) is 9.07. The van der Waals surface area contributed by atoms with Crippen LogP contribution in [-0.4, -0.2) is 48.9 Å². The molecule has 3 atom stereocenters. The first-order valence-corrected chi connectivity index (χ1v) is 9.67. The maximum Gasteiger partial charge on any atom is 0.407 e. The van der Waals surface area contributed by atoms with Crippen LogP contribution >= 0.6 is 0 Å². The Bertz CT molecular complexity index is 582. The van der Waals surface area contributed by atoms with Crippen LogP contribution in [0.15, 0.2) is 30.3 Å². The second kappa shape index (κ2) is 11.6. The van der Waals surface area contributed by atoms with Crippen molar-refractivity contribution in [2.24, 2.45) is 5.92 Å². The fourth-order valence-electron chi connectivity index (χ4n) is 3.08. The second-order valence-electron chi connectivity index (χ2n) is 7.17. The summed E-state index contributed by atoms with van der Waals surface area (Å²) in [5.41, 5.74) is 0.939. The largest absolute Gasteiger partial charge is 0.445 e. The van der Waals surface area contributed by atoms with E-state index in [4.69, 9.17) is 4.74 Å². The van der Waals surface area contributed by atoms with Crippen LogP contribution in [-0.2, 0) is 16.1 Å². The summed E-state index contributed by atoms with van der Waals surface area (Å²) < 4.78 is 5.15. The highest BCUT2D eigenvalue weighted by molar-refractivity contribution is 5.76. The van der Waals surface area contributed by atoms with Crippen molar-refractivity contribution in [3.05, 3.63) is 35.9 Å². The van der Waals surface area contributed by atoms with Gasteiger partial charge in [0.25, 0.3) is 0 Å². The van der Waals surface area contributed by atoms with Crippen LogP contribution in [0.3, 0.4) is 0 Å². The van der Waals surface area contributed by atoms with Gasteiger partial charge >= 0.3 is 6.09 Å². The topological polar surface area (TPSA) is 99.7 Å². The lowest BCUT2D eigenvalue weighted by molar-refractivity contribution is -0.123. The number of hydrogen-bond donors (Lipinski definition) is 4. The monoisotopic (exact) mass is 377 g/mol. The Hall–Kier alpha value is -2.12. The Morgan fingerprint density at radius 3 is 2.89 bits per heavy atom. The first kappa shape index (κ1) is 21.2. The number of carbonyl (C=O) groups excluding carboxylic acids is 2. The lowest BCUT2D eigenvalue weighted by atomic mass is 10.0. The molecule has 7 nitrogen and oxygen atoms in total. The molecule has 1 saturated heterocycles. The predicted molar refractivity (Wildman–Crippen MR) is 103 cm³/mol. The Labute approximate surface area is 160 Å². The molecule has 1 aliphatic rings. The van der Waals surface area contributed by atoms with Gasteiger partial charge in [-0.3, -0.25) is 4.79 Å². The number of β-amino-alcohol motifs (C(OH)–C–C–N with tert-alkyl or cyclic N) is 1. The van der Waals surface area contributed by atoms with Crippen LogP contribution in [0.4, 0.5) is 4.79 Å². The minimum absolute atomic E-state index is 0.0555. The smallest absolute Gasteiger partial charge is 0.407 e. The summed E-state index contributed by atoms with van der Waals surface area (Å²) in [6.07, 6.45) is 1.77. The van der Waals surface area contributed by atoms with Crippen molar-refractivity contribution in [3.8, 4) is 0 Å². The van der Waals surface area contributed by atoms with Gasteiger partial charge in [0, 0.05) is 19.5 Å². The zero-order valence-corrected chi connectivity index (χ0v) is 15.9. The highest BCUT2D eigenvalue weighted by atomic mass is 16.5. The number of alkyl carbamates (subject to hydrolysis) is 1. The molecule has 0 spiro atoms. The molecule has 1 aromatic rings. The summed E-state index contributed by atoms with van der Waals surface area (Å²) in [4.78, 5) is 23.9. The van der Waals surface area contributed by atoms with E-state index in [1.165, 1.54) is 0 Å². The van der Waals surface area contributed by atoms with Crippen molar-refractivity contribution in [1.82, 2.24) is 16.0 Å².